The van der Waals surface area contributed by atoms with Crippen molar-refractivity contribution in [2.24, 2.45) is 0 Å². The Balaban J connectivity index is 1.13. The van der Waals surface area contributed by atoms with Crippen LogP contribution in [-0.2, 0) is 5.41 Å². The lowest BCUT2D eigenvalue weighted by Gasteiger charge is -2.32. The Morgan fingerprint density at radius 2 is 0.962 bits per heavy atom. The molecule has 4 heteroatoms. The van der Waals surface area contributed by atoms with Crippen LogP contribution in [0.4, 0.5) is 17.1 Å². The average Bonchev–Trinajstić information content (AvgIpc) is 3.90. The summed E-state index contributed by atoms with van der Waals surface area (Å²) in [6.45, 7) is 0. The number of hydrogen-bond donors (Lipinski definition) is 0. The van der Waals surface area contributed by atoms with Crippen molar-refractivity contribution < 1.29 is 9.59 Å². The van der Waals surface area contributed by atoms with Gasteiger partial charge < -0.3 is 4.90 Å². The molecule has 1 heterocycles. The van der Waals surface area contributed by atoms with Crippen molar-refractivity contribution in [3.05, 3.63) is 214 Å². The lowest BCUT2D eigenvalue weighted by molar-refractivity contribution is 0.0990. The van der Waals surface area contributed by atoms with Crippen molar-refractivity contribution in [3.8, 4) is 21.6 Å². The van der Waals surface area contributed by atoms with Gasteiger partial charge in [-0.05, 0) is 110 Å². The van der Waals surface area contributed by atoms with E-state index in [-0.39, 0.29) is 17.1 Å². The zero-order chi connectivity index (χ0) is 35.3. The highest BCUT2D eigenvalue weighted by Crippen LogP contribution is 2.65. The number of nitrogens with zero attached hydrogens (tertiary/aromatic N) is 1. The number of anilines is 3. The second-order valence-electron chi connectivity index (χ2n) is 13.9. The fraction of sp³-hybridized carbons (Fsp3) is 0.0204. The molecule has 0 saturated heterocycles. The Bertz CT molecular complexity index is 2740. The molecule has 0 atom stereocenters. The first-order valence-corrected chi connectivity index (χ1v) is 18.7. The summed E-state index contributed by atoms with van der Waals surface area (Å²) < 4.78 is 0. The molecule has 0 bridgehead atoms. The fourth-order valence-corrected chi connectivity index (χ4v) is 10.2. The molecule has 8 aromatic rings. The van der Waals surface area contributed by atoms with E-state index in [2.05, 4.69) is 138 Å². The number of carbonyl (C=O) groups is 2. The standard InChI is InChI=1S/C49H29NO2S/c51-46-39-25-30-13-7-8-14-31(30)26-40(39)47(52)41(46)28-35-29-45-48(53-35)38-24-23-34(50(32-15-3-1-4-16-32)33-17-5-2-6-18-33)27-44(38)49(45)42-21-11-9-19-36(42)37-20-10-12-22-43(37)49/h1-29H. The van der Waals surface area contributed by atoms with E-state index >= 15 is 0 Å². The van der Waals surface area contributed by atoms with E-state index in [1.165, 1.54) is 38.9 Å². The van der Waals surface area contributed by atoms with Crippen molar-refractivity contribution in [2.75, 3.05) is 4.90 Å². The van der Waals surface area contributed by atoms with Gasteiger partial charge in [0.05, 0.1) is 11.0 Å². The Labute approximate surface area is 310 Å². The number of allylic oxidation sites excluding steroid dienone is 1. The maximum absolute atomic E-state index is 13.9. The van der Waals surface area contributed by atoms with Crippen LogP contribution in [-0.4, -0.2) is 11.6 Å². The van der Waals surface area contributed by atoms with Gasteiger partial charge in [0.25, 0.3) is 0 Å². The van der Waals surface area contributed by atoms with Crippen LogP contribution in [0.5, 0.6) is 0 Å². The van der Waals surface area contributed by atoms with Crippen LogP contribution in [0, 0.1) is 0 Å². The van der Waals surface area contributed by atoms with Gasteiger partial charge >= 0.3 is 0 Å². The summed E-state index contributed by atoms with van der Waals surface area (Å²) >= 11 is 1.66. The molecular weight excluding hydrogens is 667 g/mol. The normalized spacial score (nSPS) is 14.2. The van der Waals surface area contributed by atoms with E-state index in [9.17, 15) is 9.59 Å². The van der Waals surface area contributed by atoms with E-state index in [0.29, 0.717) is 11.1 Å². The molecule has 0 fully saturated rings. The third-order valence-electron chi connectivity index (χ3n) is 11.2. The summed E-state index contributed by atoms with van der Waals surface area (Å²) in [6.07, 6.45) is 1.83. The predicted octanol–water partition coefficient (Wildman–Crippen LogP) is 12.2. The quantitative estimate of drug-likeness (QED) is 0.136. The number of ketones is 2. The molecule has 3 aliphatic carbocycles. The Morgan fingerprint density at radius 1 is 0.434 bits per heavy atom. The minimum atomic E-state index is -0.579. The number of para-hydroxylation sites is 2. The van der Waals surface area contributed by atoms with E-state index < -0.39 is 5.41 Å². The summed E-state index contributed by atoms with van der Waals surface area (Å²) in [5, 5.41) is 1.91. The summed E-state index contributed by atoms with van der Waals surface area (Å²) in [5.41, 5.74) is 12.4. The minimum Gasteiger partial charge on any atom is -0.310 e. The molecule has 0 saturated carbocycles. The summed E-state index contributed by atoms with van der Waals surface area (Å²) in [7, 11) is 0. The SMILES string of the molecule is O=C1C(=Cc2cc3c(s2)-c2ccc(N(c4ccccc4)c4ccccc4)cc2C32c3ccccc3-c3ccccc32)C(=O)c2cc3ccccc3cc21. The number of benzene rings is 7. The maximum atomic E-state index is 13.9. The van der Waals surface area contributed by atoms with Gasteiger partial charge in [0.1, 0.15) is 0 Å². The molecule has 11 rings (SSSR count). The fourth-order valence-electron chi connectivity index (χ4n) is 8.98. The van der Waals surface area contributed by atoms with Crippen LogP contribution in [0.1, 0.15) is 47.8 Å². The first-order chi connectivity index (χ1) is 26.1. The summed E-state index contributed by atoms with van der Waals surface area (Å²) in [5.74, 6) is -0.412. The summed E-state index contributed by atoms with van der Waals surface area (Å²) in [4.78, 5) is 32.1. The van der Waals surface area contributed by atoms with Crippen molar-refractivity contribution in [2.45, 2.75) is 5.41 Å². The zero-order valence-corrected chi connectivity index (χ0v) is 29.2. The third kappa shape index (κ3) is 4.15. The van der Waals surface area contributed by atoms with Crippen molar-refractivity contribution in [3.63, 3.8) is 0 Å². The molecule has 3 nitrogen and oxygen atoms in total. The molecule has 53 heavy (non-hydrogen) atoms. The van der Waals surface area contributed by atoms with E-state index in [1.807, 2.05) is 42.5 Å². The molecule has 7 aromatic carbocycles. The molecule has 0 radical (unpaired) electrons. The van der Waals surface area contributed by atoms with Crippen molar-refractivity contribution in [1.82, 2.24) is 0 Å². The van der Waals surface area contributed by atoms with Crippen LogP contribution < -0.4 is 4.90 Å². The first kappa shape index (κ1) is 30.0. The summed E-state index contributed by atoms with van der Waals surface area (Å²) in [6, 6.07) is 59.3. The van der Waals surface area contributed by atoms with Crippen LogP contribution in [0.3, 0.4) is 0 Å². The Morgan fingerprint density at radius 3 is 1.55 bits per heavy atom. The smallest absolute Gasteiger partial charge is 0.197 e. The van der Waals surface area contributed by atoms with Gasteiger partial charge in [-0.25, -0.2) is 0 Å². The number of rotatable bonds is 4. The van der Waals surface area contributed by atoms with Gasteiger partial charge in [0.2, 0.25) is 0 Å². The molecule has 1 aromatic heterocycles. The molecule has 0 aliphatic heterocycles. The van der Waals surface area contributed by atoms with E-state index in [1.54, 1.807) is 11.3 Å². The number of hydrogen-bond acceptors (Lipinski definition) is 4. The van der Waals surface area contributed by atoms with Crippen molar-refractivity contribution >= 4 is 56.8 Å². The largest absolute Gasteiger partial charge is 0.310 e. The van der Waals surface area contributed by atoms with Crippen LogP contribution in [0.15, 0.2) is 175 Å². The predicted molar refractivity (Wildman–Crippen MR) is 216 cm³/mol. The topological polar surface area (TPSA) is 37.4 Å². The Hall–Kier alpha value is -6.62. The van der Waals surface area contributed by atoms with Crippen LogP contribution >= 0.6 is 11.3 Å². The molecule has 3 aliphatic rings. The van der Waals surface area contributed by atoms with Crippen molar-refractivity contribution in [1.29, 1.82) is 0 Å². The van der Waals surface area contributed by atoms with Gasteiger partial charge in [0, 0.05) is 37.9 Å². The van der Waals surface area contributed by atoms with Crippen LogP contribution in [0.25, 0.3) is 38.4 Å². The second-order valence-corrected chi connectivity index (χ2v) is 15.0. The molecule has 0 unspecified atom stereocenters. The molecule has 0 N–H and O–H groups in total. The minimum absolute atomic E-state index is 0.206. The van der Waals surface area contributed by atoms with Gasteiger partial charge in [-0.1, -0.05) is 115 Å². The molecule has 248 valence electrons. The van der Waals surface area contributed by atoms with Crippen LogP contribution in [0.2, 0.25) is 0 Å². The lowest BCUT2D eigenvalue weighted by atomic mass is 9.71. The highest BCUT2D eigenvalue weighted by atomic mass is 32.1. The number of Topliss-reactive ketones (excluding diaryl/α,β-unsaturated/α-hetero) is 2. The van der Waals surface area contributed by atoms with E-state index in [4.69, 9.17) is 0 Å². The van der Waals surface area contributed by atoms with Gasteiger partial charge in [-0.2, -0.15) is 0 Å². The van der Waals surface area contributed by atoms with Gasteiger partial charge in [0.15, 0.2) is 11.6 Å². The Kier molecular flexibility index (Phi) is 6.34. The monoisotopic (exact) mass is 695 g/mol. The number of fused-ring (bicyclic) bond motifs is 12. The zero-order valence-electron chi connectivity index (χ0n) is 28.4. The van der Waals surface area contributed by atoms with Gasteiger partial charge in [-0.15, -0.1) is 11.3 Å². The molecule has 1 spiro atoms. The average molecular weight is 696 g/mol. The molecule has 0 amide bonds. The third-order valence-corrected chi connectivity index (χ3v) is 12.3. The van der Waals surface area contributed by atoms with Gasteiger partial charge in [-0.3, -0.25) is 9.59 Å². The van der Waals surface area contributed by atoms with E-state index in [0.717, 1.165) is 37.6 Å². The highest BCUT2D eigenvalue weighted by molar-refractivity contribution is 7.16. The highest BCUT2D eigenvalue weighted by Gasteiger charge is 2.53. The maximum Gasteiger partial charge on any atom is 0.197 e. The first-order valence-electron chi connectivity index (χ1n) is 17.8. The second kappa shape index (κ2) is 11.2. The number of carbonyl (C=O) groups excluding carboxylic acids is 2. The number of thiophene rings is 1. The molecular formula is C49H29NO2S. The lowest BCUT2D eigenvalue weighted by Crippen LogP contribution is -2.26.